The van der Waals surface area contributed by atoms with Crippen molar-refractivity contribution in [3.63, 3.8) is 0 Å². The molecule has 104 valence electrons. The van der Waals surface area contributed by atoms with Gasteiger partial charge in [-0.05, 0) is 24.3 Å². The van der Waals surface area contributed by atoms with Crippen LogP contribution in [0.3, 0.4) is 0 Å². The number of aromatic nitrogens is 4. The summed E-state index contributed by atoms with van der Waals surface area (Å²) in [6, 6.07) is 8.88. The van der Waals surface area contributed by atoms with E-state index in [-0.39, 0.29) is 5.91 Å². The fourth-order valence-electron chi connectivity index (χ4n) is 1.81. The first-order valence-corrected chi connectivity index (χ1v) is 6.20. The van der Waals surface area contributed by atoms with E-state index in [9.17, 15) is 4.79 Å². The van der Waals surface area contributed by atoms with E-state index in [0.717, 1.165) is 5.69 Å². The number of nitrogen functional groups attached to an aromatic ring is 1. The molecule has 0 saturated carbocycles. The van der Waals surface area contributed by atoms with Gasteiger partial charge in [0, 0.05) is 11.9 Å². The molecule has 3 rings (SSSR count). The van der Waals surface area contributed by atoms with E-state index < -0.39 is 0 Å². The monoisotopic (exact) mass is 280 g/mol. The average Bonchev–Trinajstić information content (AvgIpc) is 2.98. The maximum absolute atomic E-state index is 12.1. The van der Waals surface area contributed by atoms with Crippen LogP contribution in [-0.2, 0) is 0 Å². The first-order valence-electron chi connectivity index (χ1n) is 6.20. The second-order valence-electron chi connectivity index (χ2n) is 4.32. The van der Waals surface area contributed by atoms with E-state index in [1.165, 1.54) is 18.7 Å². The van der Waals surface area contributed by atoms with Crippen LogP contribution in [0.1, 0.15) is 10.5 Å². The fraction of sp³-hybridized carbons (Fsp3) is 0. The zero-order chi connectivity index (χ0) is 14.7. The van der Waals surface area contributed by atoms with Crippen molar-refractivity contribution in [2.75, 3.05) is 11.1 Å². The molecule has 21 heavy (non-hydrogen) atoms. The van der Waals surface area contributed by atoms with Crippen molar-refractivity contribution >= 4 is 17.3 Å². The number of nitrogens with one attached hydrogen (secondary N) is 1. The number of carbonyl (C=O) groups excluding carboxylic acids is 1. The number of anilines is 2. The number of nitrogens with zero attached hydrogens (tertiary/aromatic N) is 4. The molecule has 2 heterocycles. The lowest BCUT2D eigenvalue weighted by molar-refractivity contribution is 0.102. The lowest BCUT2D eigenvalue weighted by Crippen LogP contribution is -2.13. The molecule has 3 aromatic rings. The molecule has 0 aliphatic carbocycles. The van der Waals surface area contributed by atoms with Gasteiger partial charge in [-0.2, -0.15) is 5.10 Å². The lowest BCUT2D eigenvalue weighted by Gasteiger charge is -2.03. The van der Waals surface area contributed by atoms with Crippen molar-refractivity contribution in [1.82, 2.24) is 19.7 Å². The zero-order valence-corrected chi connectivity index (χ0v) is 11.0. The number of amides is 1. The fourth-order valence-corrected chi connectivity index (χ4v) is 1.81. The highest BCUT2D eigenvalue weighted by Crippen LogP contribution is 2.12. The minimum atomic E-state index is -0.326. The Morgan fingerprint density at radius 2 is 2.00 bits per heavy atom. The van der Waals surface area contributed by atoms with E-state index in [2.05, 4.69) is 20.4 Å². The van der Waals surface area contributed by atoms with Crippen molar-refractivity contribution in [2.24, 2.45) is 0 Å². The summed E-state index contributed by atoms with van der Waals surface area (Å²) in [4.78, 5) is 19.7. The number of benzene rings is 1. The van der Waals surface area contributed by atoms with E-state index in [0.29, 0.717) is 17.1 Å². The molecule has 0 bridgehead atoms. The normalized spacial score (nSPS) is 10.3. The Morgan fingerprint density at radius 3 is 2.76 bits per heavy atom. The SMILES string of the molecule is Nc1cccc(-n2ccc(C(=O)Nc3cncnc3)n2)c1. The predicted molar refractivity (Wildman–Crippen MR) is 78.0 cm³/mol. The molecule has 2 aromatic heterocycles. The molecule has 0 aliphatic rings. The first-order chi connectivity index (χ1) is 10.2. The summed E-state index contributed by atoms with van der Waals surface area (Å²) in [5, 5.41) is 6.90. The van der Waals surface area contributed by atoms with Crippen LogP contribution in [0, 0.1) is 0 Å². The Hall–Kier alpha value is -3.22. The number of carbonyl (C=O) groups is 1. The summed E-state index contributed by atoms with van der Waals surface area (Å²) in [5.41, 5.74) is 7.96. The summed E-state index contributed by atoms with van der Waals surface area (Å²) >= 11 is 0. The van der Waals surface area contributed by atoms with Crippen LogP contribution in [0.25, 0.3) is 5.69 Å². The van der Waals surface area contributed by atoms with Crippen molar-refractivity contribution in [3.05, 3.63) is 60.9 Å². The molecule has 7 nitrogen and oxygen atoms in total. The van der Waals surface area contributed by atoms with Crippen molar-refractivity contribution in [2.45, 2.75) is 0 Å². The van der Waals surface area contributed by atoms with Crippen LogP contribution >= 0.6 is 0 Å². The smallest absolute Gasteiger partial charge is 0.276 e. The summed E-state index contributed by atoms with van der Waals surface area (Å²) in [7, 11) is 0. The molecule has 0 unspecified atom stereocenters. The molecule has 0 radical (unpaired) electrons. The van der Waals surface area contributed by atoms with Gasteiger partial charge in [-0.3, -0.25) is 4.79 Å². The molecule has 0 atom stereocenters. The molecule has 3 N–H and O–H groups in total. The van der Waals surface area contributed by atoms with Crippen molar-refractivity contribution < 1.29 is 4.79 Å². The Labute approximate surface area is 120 Å². The lowest BCUT2D eigenvalue weighted by atomic mass is 10.3. The number of hydrogen-bond acceptors (Lipinski definition) is 5. The van der Waals surface area contributed by atoms with Crippen LogP contribution in [0.2, 0.25) is 0 Å². The number of hydrogen-bond donors (Lipinski definition) is 2. The molecular formula is C14H12N6O. The van der Waals surface area contributed by atoms with Gasteiger partial charge in [0.2, 0.25) is 0 Å². The topological polar surface area (TPSA) is 98.7 Å². The van der Waals surface area contributed by atoms with Gasteiger partial charge in [-0.1, -0.05) is 6.07 Å². The second-order valence-corrected chi connectivity index (χ2v) is 4.32. The van der Waals surface area contributed by atoms with Gasteiger partial charge >= 0.3 is 0 Å². The van der Waals surface area contributed by atoms with Crippen LogP contribution in [0.5, 0.6) is 0 Å². The van der Waals surface area contributed by atoms with Gasteiger partial charge in [0.25, 0.3) is 5.91 Å². The minimum Gasteiger partial charge on any atom is -0.399 e. The standard InChI is InChI=1S/C14H12N6O/c15-10-2-1-3-12(6-10)20-5-4-13(19-20)14(21)18-11-7-16-9-17-8-11/h1-9H,15H2,(H,18,21). The maximum Gasteiger partial charge on any atom is 0.276 e. The Kier molecular flexibility index (Phi) is 3.30. The minimum absolute atomic E-state index is 0.293. The van der Waals surface area contributed by atoms with Crippen LogP contribution in [0.4, 0.5) is 11.4 Å². The highest BCUT2D eigenvalue weighted by Gasteiger charge is 2.10. The largest absolute Gasteiger partial charge is 0.399 e. The highest BCUT2D eigenvalue weighted by molar-refractivity contribution is 6.02. The zero-order valence-electron chi connectivity index (χ0n) is 11.0. The average molecular weight is 280 g/mol. The third-order valence-corrected chi connectivity index (χ3v) is 2.77. The number of rotatable bonds is 3. The van der Waals surface area contributed by atoms with Crippen LogP contribution < -0.4 is 11.1 Å². The maximum atomic E-state index is 12.1. The Balaban J connectivity index is 1.80. The summed E-state index contributed by atoms with van der Waals surface area (Å²) in [6.07, 6.45) is 6.12. The highest BCUT2D eigenvalue weighted by atomic mass is 16.1. The molecule has 0 spiro atoms. The van der Waals surface area contributed by atoms with Gasteiger partial charge in [0.05, 0.1) is 23.8 Å². The Morgan fingerprint density at radius 1 is 1.19 bits per heavy atom. The molecule has 1 aromatic carbocycles. The number of nitrogens with two attached hydrogens (primary N) is 1. The van der Waals surface area contributed by atoms with Gasteiger partial charge < -0.3 is 11.1 Å². The van der Waals surface area contributed by atoms with E-state index in [1.54, 1.807) is 29.1 Å². The first kappa shape index (κ1) is 12.8. The third-order valence-electron chi connectivity index (χ3n) is 2.77. The molecular weight excluding hydrogens is 268 g/mol. The summed E-state index contributed by atoms with van der Waals surface area (Å²) in [6.45, 7) is 0. The van der Waals surface area contributed by atoms with Crippen molar-refractivity contribution in [1.29, 1.82) is 0 Å². The Bertz CT molecular complexity index is 768. The predicted octanol–water partition coefficient (Wildman–Crippen LogP) is 1.50. The molecule has 1 amide bonds. The molecule has 0 aliphatic heterocycles. The van der Waals surface area contributed by atoms with E-state index >= 15 is 0 Å². The van der Waals surface area contributed by atoms with Crippen molar-refractivity contribution in [3.8, 4) is 5.69 Å². The third kappa shape index (κ3) is 2.86. The van der Waals surface area contributed by atoms with Gasteiger partial charge in [-0.25, -0.2) is 14.6 Å². The molecule has 7 heteroatoms. The van der Waals surface area contributed by atoms with Gasteiger partial charge in [0.1, 0.15) is 6.33 Å². The summed E-state index contributed by atoms with van der Waals surface area (Å²) in [5.74, 6) is -0.326. The quantitative estimate of drug-likeness (QED) is 0.708. The van der Waals surface area contributed by atoms with Gasteiger partial charge in [0.15, 0.2) is 5.69 Å². The molecule has 0 saturated heterocycles. The van der Waals surface area contributed by atoms with E-state index in [1.807, 2.05) is 12.1 Å². The molecule has 0 fully saturated rings. The van der Waals surface area contributed by atoms with Crippen LogP contribution in [0.15, 0.2) is 55.2 Å². The second kappa shape index (κ2) is 5.41. The van der Waals surface area contributed by atoms with Gasteiger partial charge in [-0.15, -0.1) is 0 Å². The summed E-state index contributed by atoms with van der Waals surface area (Å²) < 4.78 is 1.59. The van der Waals surface area contributed by atoms with E-state index in [4.69, 9.17) is 5.73 Å². The van der Waals surface area contributed by atoms with Crippen LogP contribution in [-0.4, -0.2) is 25.7 Å².